The number of primary sulfonamides is 1. The molecule has 2 saturated heterocycles. The molecule has 0 aliphatic carbocycles. The van der Waals surface area contributed by atoms with Crippen molar-refractivity contribution in [3.05, 3.63) is 24.3 Å². The maximum Gasteiger partial charge on any atom is 0.228 e. The highest BCUT2D eigenvalue weighted by Crippen LogP contribution is 2.26. The Hall–Kier alpha value is -1.64. The summed E-state index contributed by atoms with van der Waals surface area (Å²) in [5, 5.41) is 4.32. The Labute approximate surface area is 129 Å². The van der Waals surface area contributed by atoms with Crippen molar-refractivity contribution in [1.29, 1.82) is 0 Å². The van der Waals surface area contributed by atoms with E-state index in [1.165, 1.54) is 4.90 Å². The van der Waals surface area contributed by atoms with Gasteiger partial charge in [0.05, 0.1) is 13.2 Å². The minimum Gasteiger partial charge on any atom is -0.378 e. The molecule has 0 aromatic heterocycles. The first-order valence-electron chi connectivity index (χ1n) is 7.20. The molecular weight excluding hydrogens is 306 g/mol. The maximum atomic E-state index is 12.0. The lowest BCUT2D eigenvalue weighted by atomic mass is 10.2. The molecular formula is C14H19N3O4S. The minimum absolute atomic E-state index is 0.0515. The number of sulfonamides is 1. The number of nitrogens with zero attached hydrogens (tertiary/aromatic N) is 2. The van der Waals surface area contributed by atoms with E-state index in [1.807, 2.05) is 24.3 Å². The van der Waals surface area contributed by atoms with Gasteiger partial charge in [-0.05, 0) is 24.3 Å². The van der Waals surface area contributed by atoms with Crippen LogP contribution >= 0.6 is 0 Å². The maximum absolute atomic E-state index is 12.0. The summed E-state index contributed by atoms with van der Waals surface area (Å²) in [6.45, 7) is 3.23. The summed E-state index contributed by atoms with van der Waals surface area (Å²) >= 11 is 0. The highest BCUT2D eigenvalue weighted by Gasteiger charge is 2.37. The summed E-state index contributed by atoms with van der Waals surface area (Å²) < 4.78 is 28.1. The fourth-order valence-corrected chi connectivity index (χ4v) is 3.54. The summed E-state index contributed by atoms with van der Waals surface area (Å²) in [6, 6.07) is 7.57. The van der Waals surface area contributed by atoms with Gasteiger partial charge < -0.3 is 14.5 Å². The third-order valence-electron chi connectivity index (χ3n) is 4.09. The van der Waals surface area contributed by atoms with Gasteiger partial charge in [-0.2, -0.15) is 0 Å². The number of hydrogen-bond acceptors (Lipinski definition) is 5. The van der Waals surface area contributed by atoms with Crippen LogP contribution in [0.4, 0.5) is 11.4 Å². The number of morpholine rings is 1. The van der Waals surface area contributed by atoms with Crippen molar-refractivity contribution in [3.63, 3.8) is 0 Å². The van der Waals surface area contributed by atoms with Crippen molar-refractivity contribution >= 4 is 27.3 Å². The summed E-state index contributed by atoms with van der Waals surface area (Å²) in [5.74, 6) is -0.210. The number of benzene rings is 1. The molecule has 1 aromatic carbocycles. The van der Waals surface area contributed by atoms with Crippen molar-refractivity contribution in [3.8, 4) is 0 Å². The van der Waals surface area contributed by atoms with Gasteiger partial charge in [-0.25, -0.2) is 13.6 Å². The van der Waals surface area contributed by atoms with Crippen LogP contribution in [0.3, 0.4) is 0 Å². The molecule has 1 aromatic rings. The summed E-state index contributed by atoms with van der Waals surface area (Å²) in [4.78, 5) is 15.7. The van der Waals surface area contributed by atoms with E-state index >= 15 is 0 Å². The fraction of sp³-hybridized carbons (Fsp3) is 0.500. The minimum atomic E-state index is -3.69. The Balaban J connectivity index is 1.74. The molecule has 2 N–H and O–H groups in total. The van der Waals surface area contributed by atoms with Crippen molar-refractivity contribution in [2.75, 3.05) is 42.6 Å². The molecule has 8 heteroatoms. The molecule has 2 fully saturated rings. The van der Waals surface area contributed by atoms with E-state index in [-0.39, 0.29) is 18.9 Å². The zero-order valence-electron chi connectivity index (χ0n) is 12.1. The van der Waals surface area contributed by atoms with Gasteiger partial charge in [0.1, 0.15) is 5.25 Å². The lowest BCUT2D eigenvalue weighted by molar-refractivity contribution is -0.117. The first-order valence-corrected chi connectivity index (χ1v) is 8.81. The number of anilines is 2. The summed E-state index contributed by atoms with van der Waals surface area (Å²) in [6.07, 6.45) is -0.0515. The molecule has 1 unspecified atom stereocenters. The molecule has 0 spiro atoms. The predicted molar refractivity (Wildman–Crippen MR) is 83.3 cm³/mol. The molecule has 2 aliphatic rings. The second kappa shape index (κ2) is 5.86. The van der Waals surface area contributed by atoms with E-state index in [0.29, 0.717) is 18.9 Å². The summed E-state index contributed by atoms with van der Waals surface area (Å²) in [5.41, 5.74) is 1.77. The van der Waals surface area contributed by atoms with Crippen LogP contribution in [0.5, 0.6) is 0 Å². The van der Waals surface area contributed by atoms with Gasteiger partial charge in [-0.3, -0.25) is 4.79 Å². The quantitative estimate of drug-likeness (QED) is 0.839. The van der Waals surface area contributed by atoms with E-state index in [0.717, 1.165) is 18.8 Å². The van der Waals surface area contributed by atoms with E-state index in [9.17, 15) is 13.2 Å². The molecule has 3 rings (SSSR count). The van der Waals surface area contributed by atoms with Gasteiger partial charge >= 0.3 is 0 Å². The number of carbonyl (C=O) groups excluding carboxylic acids is 1. The molecule has 22 heavy (non-hydrogen) atoms. The van der Waals surface area contributed by atoms with Crippen LogP contribution < -0.4 is 14.9 Å². The summed E-state index contributed by atoms with van der Waals surface area (Å²) in [7, 11) is -3.69. The van der Waals surface area contributed by atoms with Gasteiger partial charge in [0.2, 0.25) is 15.9 Å². The largest absolute Gasteiger partial charge is 0.378 e. The van der Waals surface area contributed by atoms with Crippen molar-refractivity contribution < 1.29 is 17.9 Å². The number of ether oxygens (including phenoxy) is 1. The Morgan fingerprint density at radius 1 is 1.09 bits per heavy atom. The van der Waals surface area contributed by atoms with Gasteiger partial charge in [0.25, 0.3) is 0 Å². The molecule has 7 nitrogen and oxygen atoms in total. The Bertz CT molecular complexity index is 653. The van der Waals surface area contributed by atoms with Crippen LogP contribution in [0.2, 0.25) is 0 Å². The lowest BCUT2D eigenvalue weighted by Crippen LogP contribution is -2.36. The molecule has 2 aliphatic heterocycles. The van der Waals surface area contributed by atoms with Gasteiger partial charge in [-0.15, -0.1) is 0 Å². The van der Waals surface area contributed by atoms with Crippen LogP contribution in [-0.2, 0) is 19.6 Å². The van der Waals surface area contributed by atoms with Crippen LogP contribution in [0.15, 0.2) is 24.3 Å². The molecule has 0 radical (unpaired) electrons. The predicted octanol–water partition coefficient (Wildman–Crippen LogP) is -0.0830. The second-order valence-electron chi connectivity index (χ2n) is 5.54. The molecule has 0 bridgehead atoms. The van der Waals surface area contributed by atoms with Crippen LogP contribution in [0.1, 0.15) is 6.42 Å². The third-order valence-corrected chi connectivity index (χ3v) is 5.34. The number of carbonyl (C=O) groups is 1. The number of rotatable bonds is 3. The first kappa shape index (κ1) is 15.3. The average Bonchev–Trinajstić information content (AvgIpc) is 2.90. The Morgan fingerprint density at radius 3 is 2.23 bits per heavy atom. The lowest BCUT2D eigenvalue weighted by Gasteiger charge is -2.29. The van der Waals surface area contributed by atoms with Crippen LogP contribution in [0, 0.1) is 0 Å². The van der Waals surface area contributed by atoms with E-state index in [2.05, 4.69) is 4.90 Å². The smallest absolute Gasteiger partial charge is 0.228 e. The van der Waals surface area contributed by atoms with E-state index in [4.69, 9.17) is 9.88 Å². The normalized spacial score (nSPS) is 23.1. The van der Waals surface area contributed by atoms with Gasteiger partial charge in [0, 0.05) is 37.4 Å². The highest BCUT2D eigenvalue weighted by molar-refractivity contribution is 7.89. The molecule has 120 valence electrons. The van der Waals surface area contributed by atoms with Gasteiger partial charge in [-0.1, -0.05) is 0 Å². The monoisotopic (exact) mass is 325 g/mol. The van der Waals surface area contributed by atoms with Crippen molar-refractivity contribution in [1.82, 2.24) is 0 Å². The van der Waals surface area contributed by atoms with Crippen LogP contribution in [0.25, 0.3) is 0 Å². The Morgan fingerprint density at radius 2 is 1.68 bits per heavy atom. The third kappa shape index (κ3) is 3.08. The molecule has 1 amide bonds. The average molecular weight is 325 g/mol. The first-order chi connectivity index (χ1) is 10.4. The topological polar surface area (TPSA) is 92.9 Å². The van der Waals surface area contributed by atoms with Crippen LogP contribution in [-0.4, -0.2) is 52.4 Å². The zero-order chi connectivity index (χ0) is 15.7. The number of amides is 1. The van der Waals surface area contributed by atoms with E-state index < -0.39 is 15.3 Å². The fourth-order valence-electron chi connectivity index (χ4n) is 2.81. The molecule has 1 atom stereocenters. The van der Waals surface area contributed by atoms with E-state index in [1.54, 1.807) is 0 Å². The SMILES string of the molecule is NS(=O)(=O)C1CC(=O)N(c2ccc(N3CCOCC3)cc2)C1. The second-order valence-corrected chi connectivity index (χ2v) is 7.38. The zero-order valence-corrected chi connectivity index (χ0v) is 13.0. The highest BCUT2D eigenvalue weighted by atomic mass is 32.2. The Kier molecular flexibility index (Phi) is 4.07. The molecule has 2 heterocycles. The standard InChI is InChI=1S/C14H19N3O4S/c15-22(19,20)13-9-14(18)17(10-13)12-3-1-11(2-4-12)16-5-7-21-8-6-16/h1-4,13H,5-10H2,(H2,15,19,20). The molecule has 0 saturated carbocycles. The van der Waals surface area contributed by atoms with Crippen molar-refractivity contribution in [2.45, 2.75) is 11.7 Å². The van der Waals surface area contributed by atoms with Crippen molar-refractivity contribution in [2.24, 2.45) is 5.14 Å². The number of nitrogens with two attached hydrogens (primary N) is 1. The van der Waals surface area contributed by atoms with Gasteiger partial charge in [0.15, 0.2) is 0 Å². The number of hydrogen-bond donors (Lipinski definition) is 1.